The van der Waals surface area contributed by atoms with Gasteiger partial charge in [0, 0.05) is 45.4 Å². The van der Waals surface area contributed by atoms with Gasteiger partial charge in [0.1, 0.15) is 5.69 Å². The van der Waals surface area contributed by atoms with E-state index >= 15 is 0 Å². The molecule has 0 unspecified atom stereocenters. The van der Waals surface area contributed by atoms with Crippen LogP contribution in [0.15, 0.2) is 66.7 Å². The van der Waals surface area contributed by atoms with Crippen molar-refractivity contribution in [3.05, 3.63) is 93.7 Å². The molecule has 3 aromatic rings. The number of nitrogens with one attached hydrogen (secondary N) is 3. The Morgan fingerprint density at radius 3 is 2.16 bits per heavy atom. The van der Waals surface area contributed by atoms with Crippen LogP contribution in [0.1, 0.15) is 16.8 Å². The zero-order chi connectivity index (χ0) is 22.6. The molecule has 0 spiro atoms. The van der Waals surface area contributed by atoms with Gasteiger partial charge in [0.25, 0.3) is 0 Å². The summed E-state index contributed by atoms with van der Waals surface area (Å²) in [5.41, 5.74) is 3.24. The number of nitrogens with zero attached hydrogens (tertiary/aromatic N) is 2. The first kappa shape index (κ1) is 23.2. The normalized spacial score (nSPS) is 10.7. The number of methoxy groups -OCH3 is 1. The number of hydrogen-bond acceptors (Lipinski definition) is 7. The lowest BCUT2D eigenvalue weighted by molar-refractivity contribution is -0.383. The molecule has 3 rings (SSSR count). The summed E-state index contributed by atoms with van der Waals surface area (Å²) in [4.78, 5) is 16.2. The topological polar surface area (TPSA) is 101 Å². The smallest absolute Gasteiger partial charge is 0.334 e. The second-order valence-electron chi connectivity index (χ2n) is 7.29. The highest BCUT2D eigenvalue weighted by molar-refractivity contribution is 5.73. The van der Waals surface area contributed by atoms with Crippen molar-refractivity contribution in [2.75, 3.05) is 37.4 Å². The van der Waals surface area contributed by atoms with Crippen LogP contribution in [0.4, 0.5) is 17.2 Å². The molecule has 1 heterocycles. The van der Waals surface area contributed by atoms with Crippen LogP contribution in [0.3, 0.4) is 0 Å². The van der Waals surface area contributed by atoms with Gasteiger partial charge in [-0.05, 0) is 17.2 Å². The monoisotopic (exact) mass is 435 g/mol. The van der Waals surface area contributed by atoms with Crippen LogP contribution in [0.25, 0.3) is 0 Å². The first-order valence-electron chi connectivity index (χ1n) is 10.6. The average Bonchev–Trinajstić information content (AvgIpc) is 2.82. The summed E-state index contributed by atoms with van der Waals surface area (Å²) < 4.78 is 5.05. The largest absolute Gasteiger partial charge is 0.383 e. The van der Waals surface area contributed by atoms with E-state index in [0.29, 0.717) is 38.3 Å². The summed E-state index contributed by atoms with van der Waals surface area (Å²) in [5, 5.41) is 21.7. The molecule has 0 aliphatic heterocycles. The van der Waals surface area contributed by atoms with Crippen LogP contribution in [0.5, 0.6) is 0 Å². The maximum absolute atomic E-state index is 12.0. The van der Waals surface area contributed by atoms with Crippen LogP contribution >= 0.6 is 0 Å². The number of anilines is 2. The van der Waals surface area contributed by atoms with Crippen molar-refractivity contribution in [2.45, 2.75) is 19.5 Å². The van der Waals surface area contributed by atoms with Gasteiger partial charge in [-0.1, -0.05) is 60.7 Å². The van der Waals surface area contributed by atoms with E-state index in [0.717, 1.165) is 23.4 Å². The molecule has 0 fully saturated rings. The molecule has 32 heavy (non-hydrogen) atoms. The van der Waals surface area contributed by atoms with Gasteiger partial charge in [-0.3, -0.25) is 10.1 Å². The van der Waals surface area contributed by atoms with E-state index in [1.165, 1.54) is 0 Å². The van der Waals surface area contributed by atoms with Gasteiger partial charge in [-0.25, -0.2) is 4.98 Å². The highest BCUT2D eigenvalue weighted by Gasteiger charge is 2.23. The molecule has 0 saturated heterocycles. The maximum atomic E-state index is 12.0. The summed E-state index contributed by atoms with van der Waals surface area (Å²) in [6.45, 7) is 2.99. The number of hydrogen-bond donors (Lipinski definition) is 3. The Balaban J connectivity index is 1.83. The zero-order valence-electron chi connectivity index (χ0n) is 18.2. The standard InChI is InChI=1S/C24H29N5O3/c1-32-15-14-25-13-12-21-16-22(26-17-19-8-4-2-5-9-19)23(29(30)31)24(28-21)27-18-20-10-6-3-7-11-20/h2-11,16,25H,12-15,17-18H2,1H3,(H2,26,27,28). The molecule has 0 amide bonds. The summed E-state index contributed by atoms with van der Waals surface area (Å²) in [6, 6.07) is 21.3. The molecule has 0 bridgehead atoms. The lowest BCUT2D eigenvalue weighted by Crippen LogP contribution is -2.22. The van der Waals surface area contributed by atoms with Gasteiger partial charge in [0.2, 0.25) is 5.82 Å². The molecule has 0 aliphatic rings. The molecule has 0 atom stereocenters. The highest BCUT2D eigenvalue weighted by atomic mass is 16.6. The predicted molar refractivity (Wildman–Crippen MR) is 127 cm³/mol. The lowest BCUT2D eigenvalue weighted by Gasteiger charge is -2.14. The van der Waals surface area contributed by atoms with Gasteiger partial charge in [-0.15, -0.1) is 0 Å². The number of ether oxygens (including phenoxy) is 1. The number of pyridine rings is 1. The Morgan fingerprint density at radius 1 is 0.938 bits per heavy atom. The predicted octanol–water partition coefficient (Wildman–Crippen LogP) is 3.99. The van der Waals surface area contributed by atoms with E-state index in [1.807, 2.05) is 60.7 Å². The van der Waals surface area contributed by atoms with E-state index in [4.69, 9.17) is 4.74 Å². The third kappa shape index (κ3) is 7.04. The fourth-order valence-corrected chi connectivity index (χ4v) is 3.25. The van der Waals surface area contributed by atoms with Crippen LogP contribution < -0.4 is 16.0 Å². The molecule has 1 aromatic heterocycles. The van der Waals surface area contributed by atoms with E-state index in [1.54, 1.807) is 13.2 Å². The lowest BCUT2D eigenvalue weighted by atomic mass is 10.2. The van der Waals surface area contributed by atoms with Crippen molar-refractivity contribution in [3.8, 4) is 0 Å². The summed E-state index contributed by atoms with van der Waals surface area (Å²) >= 11 is 0. The van der Waals surface area contributed by atoms with Crippen LogP contribution in [0.2, 0.25) is 0 Å². The Kier molecular flexibility index (Phi) is 8.97. The fourth-order valence-electron chi connectivity index (χ4n) is 3.25. The molecule has 2 aromatic carbocycles. The second-order valence-corrected chi connectivity index (χ2v) is 7.29. The van der Waals surface area contributed by atoms with Crippen molar-refractivity contribution in [1.29, 1.82) is 0 Å². The summed E-state index contributed by atoms with van der Waals surface area (Å²) in [5.74, 6) is 0.267. The Hall–Kier alpha value is -3.49. The van der Waals surface area contributed by atoms with Crippen molar-refractivity contribution in [3.63, 3.8) is 0 Å². The van der Waals surface area contributed by atoms with E-state index in [-0.39, 0.29) is 16.4 Å². The van der Waals surface area contributed by atoms with E-state index in [2.05, 4.69) is 20.9 Å². The number of rotatable bonds is 13. The maximum Gasteiger partial charge on any atom is 0.334 e. The van der Waals surface area contributed by atoms with Crippen molar-refractivity contribution in [2.24, 2.45) is 0 Å². The van der Waals surface area contributed by atoms with Crippen LogP contribution in [0, 0.1) is 10.1 Å². The van der Waals surface area contributed by atoms with Crippen LogP contribution in [-0.2, 0) is 24.2 Å². The minimum Gasteiger partial charge on any atom is -0.383 e. The third-order valence-electron chi connectivity index (χ3n) is 4.90. The fraction of sp³-hybridized carbons (Fsp3) is 0.292. The Morgan fingerprint density at radius 2 is 1.56 bits per heavy atom. The van der Waals surface area contributed by atoms with Crippen molar-refractivity contribution >= 4 is 17.2 Å². The van der Waals surface area contributed by atoms with Crippen LogP contribution in [-0.4, -0.2) is 36.7 Å². The molecule has 8 heteroatoms. The van der Waals surface area contributed by atoms with Gasteiger partial charge < -0.3 is 20.7 Å². The van der Waals surface area contributed by atoms with Gasteiger partial charge in [-0.2, -0.15) is 0 Å². The van der Waals surface area contributed by atoms with Crippen molar-refractivity contribution in [1.82, 2.24) is 10.3 Å². The minimum absolute atomic E-state index is 0.0482. The van der Waals surface area contributed by atoms with Crippen molar-refractivity contribution < 1.29 is 9.66 Å². The SMILES string of the molecule is COCCNCCc1cc(NCc2ccccc2)c([N+](=O)[O-])c(NCc2ccccc2)n1. The highest BCUT2D eigenvalue weighted by Crippen LogP contribution is 2.33. The first-order valence-corrected chi connectivity index (χ1v) is 10.6. The first-order chi connectivity index (χ1) is 15.7. The van der Waals surface area contributed by atoms with E-state index in [9.17, 15) is 10.1 Å². The molecule has 3 N–H and O–H groups in total. The third-order valence-corrected chi connectivity index (χ3v) is 4.90. The average molecular weight is 436 g/mol. The number of aromatic nitrogens is 1. The molecule has 8 nitrogen and oxygen atoms in total. The Bertz CT molecular complexity index is 919. The van der Waals surface area contributed by atoms with Gasteiger partial charge >= 0.3 is 5.69 Å². The summed E-state index contributed by atoms with van der Waals surface area (Å²) in [6.07, 6.45) is 0.641. The quantitative estimate of drug-likeness (QED) is 0.212. The molecule has 168 valence electrons. The molecular weight excluding hydrogens is 406 g/mol. The number of nitro groups is 1. The van der Waals surface area contributed by atoms with Gasteiger partial charge in [0.05, 0.1) is 11.5 Å². The zero-order valence-corrected chi connectivity index (χ0v) is 18.2. The number of benzene rings is 2. The molecule has 0 radical (unpaired) electrons. The molecule has 0 saturated carbocycles. The Labute approximate surface area is 188 Å². The minimum atomic E-state index is -0.381. The molecular formula is C24H29N5O3. The second kappa shape index (κ2) is 12.4. The van der Waals surface area contributed by atoms with E-state index < -0.39 is 0 Å². The summed E-state index contributed by atoms with van der Waals surface area (Å²) in [7, 11) is 1.66. The molecule has 0 aliphatic carbocycles. The van der Waals surface area contributed by atoms with Gasteiger partial charge in [0.15, 0.2) is 0 Å².